The molecular formula is C12H9BrO2S2. The van der Waals surface area contributed by atoms with Gasteiger partial charge in [-0.05, 0) is 40.2 Å². The summed E-state index contributed by atoms with van der Waals surface area (Å²) in [4.78, 5) is 13.2. The number of hydrogen-bond acceptors (Lipinski definition) is 3. The van der Waals surface area contributed by atoms with Crippen LogP contribution >= 0.6 is 27.3 Å². The number of Topliss-reactive ketones (excluding diaryl/α,β-unsaturated/α-hetero) is 1. The van der Waals surface area contributed by atoms with Crippen molar-refractivity contribution in [3.8, 4) is 0 Å². The Morgan fingerprint density at radius 2 is 1.88 bits per heavy atom. The fourth-order valence-electron chi connectivity index (χ4n) is 1.31. The van der Waals surface area contributed by atoms with Gasteiger partial charge in [-0.25, -0.2) is 0 Å². The molecule has 0 saturated carbocycles. The molecule has 1 unspecified atom stereocenters. The molecule has 1 aromatic heterocycles. The van der Waals surface area contributed by atoms with E-state index in [1.54, 1.807) is 18.2 Å². The number of benzene rings is 1. The second-order valence-corrected chi connectivity index (χ2v) is 7.24. The Morgan fingerprint density at radius 3 is 2.47 bits per heavy atom. The van der Waals surface area contributed by atoms with Crippen LogP contribution in [0.4, 0.5) is 0 Å². The van der Waals surface area contributed by atoms with Crippen LogP contribution in [0.1, 0.15) is 9.67 Å². The first kappa shape index (κ1) is 12.7. The predicted octanol–water partition coefficient (Wildman–Crippen LogP) is 3.50. The van der Waals surface area contributed by atoms with Gasteiger partial charge in [0, 0.05) is 4.90 Å². The number of halogens is 1. The molecule has 1 heterocycles. The Kier molecular flexibility index (Phi) is 4.25. The highest BCUT2D eigenvalue weighted by Gasteiger charge is 2.13. The van der Waals surface area contributed by atoms with E-state index >= 15 is 0 Å². The lowest BCUT2D eigenvalue weighted by molar-refractivity contribution is 0.102. The third-order valence-corrected chi connectivity index (χ3v) is 5.10. The largest absolute Gasteiger partial charge is 0.292 e. The molecular weight excluding hydrogens is 320 g/mol. The van der Waals surface area contributed by atoms with Crippen molar-refractivity contribution in [3.05, 3.63) is 51.1 Å². The van der Waals surface area contributed by atoms with E-state index in [1.807, 2.05) is 24.3 Å². The number of ketones is 1. The maximum Gasteiger partial charge on any atom is 0.185 e. The van der Waals surface area contributed by atoms with Crippen LogP contribution in [0.25, 0.3) is 0 Å². The van der Waals surface area contributed by atoms with Gasteiger partial charge < -0.3 is 0 Å². The highest BCUT2D eigenvalue weighted by Crippen LogP contribution is 2.23. The van der Waals surface area contributed by atoms with Crippen molar-refractivity contribution in [2.24, 2.45) is 0 Å². The minimum absolute atomic E-state index is 0.0387. The molecule has 0 N–H and O–H groups in total. The Labute approximate surface area is 114 Å². The molecule has 0 radical (unpaired) electrons. The highest BCUT2D eigenvalue weighted by molar-refractivity contribution is 9.11. The van der Waals surface area contributed by atoms with Gasteiger partial charge in [-0.2, -0.15) is 0 Å². The molecule has 0 spiro atoms. The van der Waals surface area contributed by atoms with E-state index in [9.17, 15) is 9.00 Å². The number of rotatable bonds is 4. The summed E-state index contributed by atoms with van der Waals surface area (Å²) in [6, 6.07) is 12.6. The summed E-state index contributed by atoms with van der Waals surface area (Å²) < 4.78 is 12.8. The zero-order chi connectivity index (χ0) is 12.3. The van der Waals surface area contributed by atoms with Crippen LogP contribution in [0.2, 0.25) is 0 Å². The fourth-order valence-corrected chi connectivity index (χ4v) is 3.75. The number of hydrogen-bond donors (Lipinski definition) is 0. The van der Waals surface area contributed by atoms with E-state index in [2.05, 4.69) is 15.9 Å². The molecule has 1 aromatic carbocycles. The van der Waals surface area contributed by atoms with Gasteiger partial charge in [0.2, 0.25) is 0 Å². The maximum absolute atomic E-state index is 11.9. The Morgan fingerprint density at radius 1 is 1.18 bits per heavy atom. The second kappa shape index (κ2) is 5.71. The summed E-state index contributed by atoms with van der Waals surface area (Å²) in [7, 11) is -1.26. The molecule has 5 heteroatoms. The fraction of sp³-hybridized carbons (Fsp3) is 0.0833. The van der Waals surface area contributed by atoms with Gasteiger partial charge in [-0.3, -0.25) is 9.00 Å². The van der Waals surface area contributed by atoms with Gasteiger partial charge in [0.05, 0.1) is 25.2 Å². The second-order valence-electron chi connectivity index (χ2n) is 3.33. The molecule has 0 saturated heterocycles. The molecule has 2 rings (SSSR count). The standard InChI is InChI=1S/C12H9BrO2S2/c13-12-7-6-11(16-12)10(14)8-17(15)9-4-2-1-3-5-9/h1-7H,8H2. The lowest BCUT2D eigenvalue weighted by Gasteiger charge is -1.99. The van der Waals surface area contributed by atoms with Crippen LogP contribution in [0.5, 0.6) is 0 Å². The average Bonchev–Trinajstić information content (AvgIpc) is 2.77. The van der Waals surface area contributed by atoms with E-state index in [0.717, 1.165) is 3.79 Å². The predicted molar refractivity (Wildman–Crippen MR) is 74.1 cm³/mol. The third-order valence-electron chi connectivity index (χ3n) is 2.12. The molecule has 17 heavy (non-hydrogen) atoms. The summed E-state index contributed by atoms with van der Waals surface area (Å²) in [5.74, 6) is -0.0420. The summed E-state index contributed by atoms with van der Waals surface area (Å²) in [5, 5.41) is 0. The van der Waals surface area contributed by atoms with Gasteiger partial charge >= 0.3 is 0 Å². The molecule has 88 valence electrons. The molecule has 0 aliphatic rings. The first-order chi connectivity index (χ1) is 8.16. The van der Waals surface area contributed by atoms with Crippen molar-refractivity contribution in [3.63, 3.8) is 0 Å². The van der Waals surface area contributed by atoms with Gasteiger partial charge in [0.25, 0.3) is 0 Å². The number of carbonyl (C=O) groups is 1. The number of thiophene rings is 1. The van der Waals surface area contributed by atoms with E-state index in [1.165, 1.54) is 11.3 Å². The van der Waals surface area contributed by atoms with E-state index in [4.69, 9.17) is 0 Å². The van der Waals surface area contributed by atoms with Crippen molar-refractivity contribution in [1.29, 1.82) is 0 Å². The van der Waals surface area contributed by atoms with Crippen molar-refractivity contribution in [2.45, 2.75) is 4.90 Å². The van der Waals surface area contributed by atoms with E-state index < -0.39 is 10.8 Å². The Bertz CT molecular complexity index is 549. The first-order valence-electron chi connectivity index (χ1n) is 4.89. The lowest BCUT2D eigenvalue weighted by atomic mass is 10.3. The van der Waals surface area contributed by atoms with Gasteiger partial charge in [-0.15, -0.1) is 11.3 Å². The molecule has 2 nitrogen and oxygen atoms in total. The van der Waals surface area contributed by atoms with Gasteiger partial charge in [-0.1, -0.05) is 18.2 Å². The molecule has 0 amide bonds. The van der Waals surface area contributed by atoms with Crippen LogP contribution in [0.3, 0.4) is 0 Å². The van der Waals surface area contributed by atoms with Crippen LogP contribution in [-0.2, 0) is 10.8 Å². The maximum atomic E-state index is 11.9. The van der Waals surface area contributed by atoms with Gasteiger partial charge in [0.1, 0.15) is 0 Å². The molecule has 0 fully saturated rings. The van der Waals surface area contributed by atoms with Crippen molar-refractivity contribution < 1.29 is 9.00 Å². The summed E-state index contributed by atoms with van der Waals surface area (Å²) >= 11 is 4.67. The van der Waals surface area contributed by atoms with Crippen molar-refractivity contribution >= 4 is 43.8 Å². The molecule has 2 aromatic rings. The van der Waals surface area contributed by atoms with Gasteiger partial charge in [0.15, 0.2) is 5.78 Å². The van der Waals surface area contributed by atoms with Crippen LogP contribution in [0.15, 0.2) is 51.1 Å². The minimum Gasteiger partial charge on any atom is -0.292 e. The summed E-state index contributed by atoms with van der Waals surface area (Å²) in [6.45, 7) is 0. The zero-order valence-electron chi connectivity index (χ0n) is 8.76. The summed E-state index contributed by atoms with van der Waals surface area (Å²) in [6.07, 6.45) is 0. The lowest BCUT2D eigenvalue weighted by Crippen LogP contribution is -2.09. The van der Waals surface area contributed by atoms with E-state index in [0.29, 0.717) is 9.77 Å². The third kappa shape index (κ3) is 3.34. The quantitative estimate of drug-likeness (QED) is 0.805. The minimum atomic E-state index is -1.26. The topological polar surface area (TPSA) is 34.1 Å². The first-order valence-corrected chi connectivity index (χ1v) is 7.81. The molecule has 0 aliphatic heterocycles. The highest BCUT2D eigenvalue weighted by atomic mass is 79.9. The van der Waals surface area contributed by atoms with Crippen LogP contribution < -0.4 is 0 Å². The van der Waals surface area contributed by atoms with E-state index in [-0.39, 0.29) is 11.5 Å². The average molecular weight is 329 g/mol. The normalized spacial score (nSPS) is 12.3. The molecule has 0 aliphatic carbocycles. The Balaban J connectivity index is 2.07. The zero-order valence-corrected chi connectivity index (χ0v) is 12.0. The van der Waals surface area contributed by atoms with Crippen LogP contribution in [-0.4, -0.2) is 15.7 Å². The monoisotopic (exact) mass is 328 g/mol. The molecule has 0 bridgehead atoms. The Hall–Kier alpha value is -0.780. The summed E-state index contributed by atoms with van der Waals surface area (Å²) in [5.41, 5.74) is 0. The smallest absolute Gasteiger partial charge is 0.185 e. The molecule has 1 atom stereocenters. The van der Waals surface area contributed by atoms with Crippen LogP contribution in [0, 0.1) is 0 Å². The van der Waals surface area contributed by atoms with Crippen molar-refractivity contribution in [1.82, 2.24) is 0 Å². The number of carbonyl (C=O) groups excluding carboxylic acids is 1. The van der Waals surface area contributed by atoms with Crippen molar-refractivity contribution in [2.75, 3.05) is 5.75 Å². The SMILES string of the molecule is O=C(CS(=O)c1ccccc1)c1ccc(Br)s1.